The predicted molar refractivity (Wildman–Crippen MR) is 87.8 cm³/mol. The van der Waals surface area contributed by atoms with Gasteiger partial charge in [0, 0.05) is 44.1 Å². The van der Waals surface area contributed by atoms with Crippen molar-refractivity contribution < 1.29 is 4.79 Å². The van der Waals surface area contributed by atoms with Crippen LogP contribution in [0, 0.1) is 6.92 Å². The molecule has 0 atom stereocenters. The smallest absolute Gasteiger partial charge is 0.255 e. The molecule has 0 N–H and O–H groups in total. The summed E-state index contributed by atoms with van der Waals surface area (Å²) in [6.45, 7) is 5.48. The van der Waals surface area contributed by atoms with Gasteiger partial charge in [-0.3, -0.25) is 9.78 Å². The van der Waals surface area contributed by atoms with Crippen molar-refractivity contribution in [2.45, 2.75) is 6.92 Å². The Morgan fingerprint density at radius 3 is 2.36 bits per heavy atom. The summed E-state index contributed by atoms with van der Waals surface area (Å²) in [4.78, 5) is 21.0. The predicted octanol–water partition coefficient (Wildman–Crippen LogP) is 2.44. The standard InChI is InChI=1S/C18H21N3O/c1-14-3-5-15(6-4-14)16-11-17(13-19-12-16)18(22)21-9-7-20(2)8-10-21/h3-6,11-13H,7-10H2,1-2H3. The van der Waals surface area contributed by atoms with Crippen LogP contribution >= 0.6 is 0 Å². The van der Waals surface area contributed by atoms with Gasteiger partial charge in [0.2, 0.25) is 0 Å². The lowest BCUT2D eigenvalue weighted by Gasteiger charge is -2.32. The molecular formula is C18H21N3O. The normalized spacial score (nSPS) is 15.8. The zero-order chi connectivity index (χ0) is 15.5. The molecule has 1 amide bonds. The van der Waals surface area contributed by atoms with Crippen molar-refractivity contribution in [1.82, 2.24) is 14.8 Å². The molecule has 0 aliphatic carbocycles. The fourth-order valence-electron chi connectivity index (χ4n) is 2.65. The van der Waals surface area contributed by atoms with E-state index in [1.807, 2.05) is 17.2 Å². The first-order chi connectivity index (χ1) is 10.6. The van der Waals surface area contributed by atoms with E-state index in [4.69, 9.17) is 0 Å². The van der Waals surface area contributed by atoms with Crippen molar-refractivity contribution >= 4 is 5.91 Å². The van der Waals surface area contributed by atoms with E-state index >= 15 is 0 Å². The minimum Gasteiger partial charge on any atom is -0.336 e. The van der Waals surface area contributed by atoms with Gasteiger partial charge >= 0.3 is 0 Å². The molecule has 1 fully saturated rings. The Bertz CT molecular complexity index is 658. The summed E-state index contributed by atoms with van der Waals surface area (Å²) in [5.74, 6) is 0.0783. The number of benzene rings is 1. The molecule has 0 saturated carbocycles. The van der Waals surface area contributed by atoms with Crippen LogP contribution < -0.4 is 0 Å². The van der Waals surface area contributed by atoms with Gasteiger partial charge in [0.25, 0.3) is 5.91 Å². The second kappa shape index (κ2) is 6.28. The van der Waals surface area contributed by atoms with Crippen LogP contribution in [0.5, 0.6) is 0 Å². The van der Waals surface area contributed by atoms with Gasteiger partial charge in [-0.2, -0.15) is 0 Å². The van der Waals surface area contributed by atoms with E-state index in [-0.39, 0.29) is 5.91 Å². The molecule has 114 valence electrons. The van der Waals surface area contributed by atoms with E-state index in [9.17, 15) is 4.79 Å². The van der Waals surface area contributed by atoms with Crippen molar-refractivity contribution in [3.63, 3.8) is 0 Å². The number of hydrogen-bond acceptors (Lipinski definition) is 3. The largest absolute Gasteiger partial charge is 0.336 e. The lowest BCUT2D eigenvalue weighted by atomic mass is 10.0. The van der Waals surface area contributed by atoms with Crippen LogP contribution in [0.2, 0.25) is 0 Å². The van der Waals surface area contributed by atoms with Crippen LogP contribution in [0.25, 0.3) is 11.1 Å². The van der Waals surface area contributed by atoms with Crippen molar-refractivity contribution in [3.8, 4) is 11.1 Å². The Morgan fingerprint density at radius 1 is 1.00 bits per heavy atom. The number of nitrogens with zero attached hydrogens (tertiary/aromatic N) is 3. The highest BCUT2D eigenvalue weighted by Crippen LogP contribution is 2.20. The number of rotatable bonds is 2. The van der Waals surface area contributed by atoms with E-state index in [1.165, 1.54) is 5.56 Å². The van der Waals surface area contributed by atoms with Gasteiger partial charge < -0.3 is 9.80 Å². The monoisotopic (exact) mass is 295 g/mol. The summed E-state index contributed by atoms with van der Waals surface area (Å²) in [7, 11) is 2.08. The maximum atomic E-state index is 12.6. The highest BCUT2D eigenvalue weighted by Gasteiger charge is 2.20. The van der Waals surface area contributed by atoms with E-state index in [1.54, 1.807) is 6.20 Å². The molecule has 2 aromatic rings. The molecule has 2 heterocycles. The van der Waals surface area contributed by atoms with Crippen LogP contribution in [0.15, 0.2) is 42.7 Å². The van der Waals surface area contributed by atoms with Gasteiger partial charge in [-0.05, 0) is 25.6 Å². The fourth-order valence-corrected chi connectivity index (χ4v) is 2.65. The summed E-state index contributed by atoms with van der Waals surface area (Å²) in [5, 5.41) is 0. The third-order valence-electron chi connectivity index (χ3n) is 4.16. The van der Waals surface area contributed by atoms with Crippen LogP contribution in [0.1, 0.15) is 15.9 Å². The number of carbonyl (C=O) groups excluding carboxylic acids is 1. The number of likely N-dealkylation sites (N-methyl/N-ethyl adjacent to an activating group) is 1. The Kier molecular flexibility index (Phi) is 4.20. The number of amides is 1. The highest BCUT2D eigenvalue weighted by molar-refractivity contribution is 5.95. The third kappa shape index (κ3) is 3.17. The molecule has 3 rings (SSSR count). The summed E-state index contributed by atoms with van der Waals surface area (Å²) in [5.41, 5.74) is 3.97. The molecule has 0 bridgehead atoms. The molecule has 4 heteroatoms. The Balaban J connectivity index is 1.81. The molecule has 1 aromatic carbocycles. The molecule has 1 aromatic heterocycles. The number of carbonyl (C=O) groups is 1. The molecule has 0 spiro atoms. The summed E-state index contributed by atoms with van der Waals surface area (Å²) in [6, 6.07) is 10.2. The molecular weight excluding hydrogens is 274 g/mol. The number of hydrogen-bond donors (Lipinski definition) is 0. The fraction of sp³-hybridized carbons (Fsp3) is 0.333. The van der Waals surface area contributed by atoms with Gasteiger partial charge in [-0.15, -0.1) is 0 Å². The van der Waals surface area contributed by atoms with Gasteiger partial charge in [0.05, 0.1) is 5.56 Å². The number of aryl methyl sites for hydroxylation is 1. The molecule has 1 aliphatic rings. The summed E-state index contributed by atoms with van der Waals surface area (Å²) >= 11 is 0. The van der Waals surface area contributed by atoms with Crippen molar-refractivity contribution in [3.05, 3.63) is 53.9 Å². The van der Waals surface area contributed by atoms with Gasteiger partial charge in [0.15, 0.2) is 0 Å². The minimum absolute atomic E-state index is 0.0783. The third-order valence-corrected chi connectivity index (χ3v) is 4.16. The number of piperazine rings is 1. The zero-order valence-electron chi connectivity index (χ0n) is 13.1. The van der Waals surface area contributed by atoms with Crippen molar-refractivity contribution in [2.24, 2.45) is 0 Å². The Morgan fingerprint density at radius 2 is 1.68 bits per heavy atom. The first-order valence-corrected chi connectivity index (χ1v) is 7.63. The Labute approximate surface area is 131 Å². The van der Waals surface area contributed by atoms with Crippen LogP contribution in [-0.4, -0.2) is 53.9 Å². The molecule has 0 radical (unpaired) electrons. The molecule has 0 unspecified atom stereocenters. The van der Waals surface area contributed by atoms with E-state index < -0.39 is 0 Å². The van der Waals surface area contributed by atoms with Crippen molar-refractivity contribution in [2.75, 3.05) is 33.2 Å². The van der Waals surface area contributed by atoms with Gasteiger partial charge in [-0.1, -0.05) is 29.8 Å². The van der Waals surface area contributed by atoms with Crippen LogP contribution in [0.4, 0.5) is 0 Å². The highest BCUT2D eigenvalue weighted by atomic mass is 16.2. The molecule has 1 saturated heterocycles. The second-order valence-electron chi connectivity index (χ2n) is 5.92. The van der Waals surface area contributed by atoms with Crippen molar-refractivity contribution in [1.29, 1.82) is 0 Å². The lowest BCUT2D eigenvalue weighted by Crippen LogP contribution is -2.47. The average molecular weight is 295 g/mol. The number of pyridine rings is 1. The lowest BCUT2D eigenvalue weighted by molar-refractivity contribution is 0.0663. The second-order valence-corrected chi connectivity index (χ2v) is 5.92. The first kappa shape index (κ1) is 14.7. The maximum Gasteiger partial charge on any atom is 0.255 e. The maximum absolute atomic E-state index is 12.6. The molecule has 22 heavy (non-hydrogen) atoms. The van der Waals surface area contributed by atoms with Crippen LogP contribution in [0.3, 0.4) is 0 Å². The zero-order valence-corrected chi connectivity index (χ0v) is 13.1. The number of aromatic nitrogens is 1. The van der Waals surface area contributed by atoms with Gasteiger partial charge in [0.1, 0.15) is 0 Å². The average Bonchev–Trinajstić information content (AvgIpc) is 2.56. The molecule has 1 aliphatic heterocycles. The van der Waals surface area contributed by atoms with E-state index in [2.05, 4.69) is 48.1 Å². The summed E-state index contributed by atoms with van der Waals surface area (Å²) in [6.07, 6.45) is 3.48. The van der Waals surface area contributed by atoms with E-state index in [0.29, 0.717) is 5.56 Å². The SMILES string of the molecule is Cc1ccc(-c2cncc(C(=O)N3CCN(C)CC3)c2)cc1. The van der Waals surface area contributed by atoms with Crippen LogP contribution in [-0.2, 0) is 0 Å². The first-order valence-electron chi connectivity index (χ1n) is 7.63. The van der Waals surface area contributed by atoms with E-state index in [0.717, 1.165) is 37.3 Å². The quantitative estimate of drug-likeness (QED) is 0.854. The van der Waals surface area contributed by atoms with Gasteiger partial charge in [-0.25, -0.2) is 0 Å². The Hall–Kier alpha value is -2.20. The topological polar surface area (TPSA) is 36.4 Å². The molecule has 4 nitrogen and oxygen atoms in total. The minimum atomic E-state index is 0.0783. The summed E-state index contributed by atoms with van der Waals surface area (Å²) < 4.78 is 0.